The van der Waals surface area contributed by atoms with Crippen LogP contribution in [0.3, 0.4) is 0 Å². The molecule has 1 N–H and O–H groups in total. The average Bonchev–Trinajstić information content (AvgIpc) is 2.25. The fourth-order valence-corrected chi connectivity index (χ4v) is 1.82. The van der Waals surface area contributed by atoms with Gasteiger partial charge in [-0.15, -0.1) is 0 Å². The molecule has 0 fully saturated rings. The first kappa shape index (κ1) is 16.6. The monoisotopic (exact) mass is 285 g/mol. The molecule has 3 nitrogen and oxygen atoms in total. The third kappa shape index (κ3) is 5.25. The van der Waals surface area contributed by atoms with E-state index in [4.69, 9.17) is 4.74 Å². The topological polar surface area (TPSA) is 38.3 Å². The lowest BCUT2D eigenvalue weighted by Crippen LogP contribution is -2.42. The number of hydrogen-bond donors (Lipinski definition) is 1. The minimum atomic E-state index is -0.656. The number of halogens is 2. The van der Waals surface area contributed by atoms with E-state index in [1.165, 1.54) is 12.1 Å². The third-order valence-electron chi connectivity index (χ3n) is 2.65. The molecule has 0 saturated carbocycles. The first-order chi connectivity index (χ1) is 9.29. The van der Waals surface area contributed by atoms with Crippen molar-refractivity contribution in [3.05, 3.63) is 35.4 Å². The van der Waals surface area contributed by atoms with Crippen LogP contribution in [-0.2, 0) is 16.1 Å². The van der Waals surface area contributed by atoms with E-state index in [1.807, 2.05) is 27.7 Å². The van der Waals surface area contributed by atoms with Crippen molar-refractivity contribution in [1.82, 2.24) is 5.32 Å². The second-order valence-electron chi connectivity index (χ2n) is 5.42. The molecule has 1 aromatic rings. The molecule has 1 aromatic carbocycles. The Kier molecular flexibility index (Phi) is 6.07. The summed E-state index contributed by atoms with van der Waals surface area (Å²) in [6.45, 7) is 7.42. The average molecular weight is 285 g/mol. The van der Waals surface area contributed by atoms with Gasteiger partial charge in [-0.25, -0.2) is 8.78 Å². The van der Waals surface area contributed by atoms with Gasteiger partial charge in [0.2, 0.25) is 5.91 Å². The molecule has 0 radical (unpaired) electrons. The van der Waals surface area contributed by atoms with Gasteiger partial charge in [-0.2, -0.15) is 0 Å². The molecule has 1 rings (SSSR count). The third-order valence-corrected chi connectivity index (χ3v) is 2.65. The quantitative estimate of drug-likeness (QED) is 0.872. The number of carbonyl (C=O) groups excluding carboxylic acids is 1. The minimum Gasteiger partial charge on any atom is -0.363 e. The molecule has 0 aliphatic carbocycles. The van der Waals surface area contributed by atoms with Crippen molar-refractivity contribution in [3.63, 3.8) is 0 Å². The second kappa shape index (κ2) is 7.33. The molecule has 1 atom stereocenters. The number of amides is 1. The van der Waals surface area contributed by atoms with E-state index in [2.05, 4.69) is 5.32 Å². The number of benzene rings is 1. The van der Waals surface area contributed by atoms with Gasteiger partial charge >= 0.3 is 0 Å². The largest absolute Gasteiger partial charge is 0.363 e. The summed E-state index contributed by atoms with van der Waals surface area (Å²) in [5.41, 5.74) is 0.366. The van der Waals surface area contributed by atoms with Crippen LogP contribution in [0, 0.1) is 17.6 Å². The SMILES string of the molecule is CC(C)NC(=O)C(OCc1cc(F)cc(F)c1)C(C)C. The van der Waals surface area contributed by atoms with E-state index >= 15 is 0 Å². The van der Waals surface area contributed by atoms with Crippen LogP contribution in [-0.4, -0.2) is 18.1 Å². The van der Waals surface area contributed by atoms with Crippen molar-refractivity contribution in [3.8, 4) is 0 Å². The van der Waals surface area contributed by atoms with E-state index < -0.39 is 17.7 Å². The number of hydrogen-bond acceptors (Lipinski definition) is 2. The van der Waals surface area contributed by atoms with Gasteiger partial charge in [0, 0.05) is 12.1 Å². The molecule has 20 heavy (non-hydrogen) atoms. The molecular weight excluding hydrogens is 264 g/mol. The van der Waals surface area contributed by atoms with Crippen LogP contribution < -0.4 is 5.32 Å². The molecular formula is C15H21F2NO2. The highest BCUT2D eigenvalue weighted by molar-refractivity contribution is 5.81. The van der Waals surface area contributed by atoms with Gasteiger partial charge in [0.1, 0.15) is 17.7 Å². The Bertz CT molecular complexity index is 441. The molecule has 0 aliphatic rings. The number of carbonyl (C=O) groups is 1. The number of rotatable bonds is 6. The first-order valence-corrected chi connectivity index (χ1v) is 6.66. The van der Waals surface area contributed by atoms with Crippen LogP contribution in [0.4, 0.5) is 8.78 Å². The van der Waals surface area contributed by atoms with Crippen molar-refractivity contribution in [2.75, 3.05) is 0 Å². The fourth-order valence-electron chi connectivity index (χ4n) is 1.82. The molecule has 1 amide bonds. The molecule has 112 valence electrons. The van der Waals surface area contributed by atoms with E-state index in [0.717, 1.165) is 6.07 Å². The summed E-state index contributed by atoms with van der Waals surface area (Å²) in [4.78, 5) is 12.0. The first-order valence-electron chi connectivity index (χ1n) is 6.66. The van der Waals surface area contributed by atoms with Crippen molar-refractivity contribution in [2.24, 2.45) is 5.92 Å². The molecule has 0 bridgehead atoms. The molecule has 0 aliphatic heterocycles. The summed E-state index contributed by atoms with van der Waals surface area (Å²) in [6.07, 6.45) is -0.649. The lowest BCUT2D eigenvalue weighted by atomic mass is 10.1. The summed E-state index contributed by atoms with van der Waals surface area (Å²) < 4.78 is 31.7. The maximum absolute atomic E-state index is 13.1. The Labute approximate surface area is 118 Å². The van der Waals surface area contributed by atoms with Crippen LogP contribution in [0.1, 0.15) is 33.3 Å². The molecule has 0 spiro atoms. The normalized spacial score (nSPS) is 12.8. The van der Waals surface area contributed by atoms with Crippen molar-refractivity contribution >= 4 is 5.91 Å². The maximum atomic E-state index is 13.1. The zero-order valence-corrected chi connectivity index (χ0v) is 12.2. The lowest BCUT2D eigenvalue weighted by molar-refractivity contribution is -0.137. The molecule has 0 saturated heterocycles. The Balaban J connectivity index is 2.69. The van der Waals surface area contributed by atoms with Crippen LogP contribution in [0.15, 0.2) is 18.2 Å². The van der Waals surface area contributed by atoms with Gasteiger partial charge in [0.05, 0.1) is 6.61 Å². The number of nitrogens with one attached hydrogen (secondary N) is 1. The highest BCUT2D eigenvalue weighted by Gasteiger charge is 2.23. The Morgan fingerprint density at radius 2 is 1.70 bits per heavy atom. The van der Waals surface area contributed by atoms with Crippen molar-refractivity contribution < 1.29 is 18.3 Å². The summed E-state index contributed by atoms with van der Waals surface area (Å²) in [7, 11) is 0. The second-order valence-corrected chi connectivity index (χ2v) is 5.42. The summed E-state index contributed by atoms with van der Waals surface area (Å²) >= 11 is 0. The van der Waals surface area contributed by atoms with Gasteiger partial charge in [-0.1, -0.05) is 13.8 Å². The standard InChI is InChI=1S/C15H21F2NO2/c1-9(2)14(15(19)18-10(3)4)20-8-11-5-12(16)7-13(17)6-11/h5-7,9-10,14H,8H2,1-4H3,(H,18,19). The van der Waals surface area contributed by atoms with Gasteiger partial charge in [0.15, 0.2) is 0 Å². The lowest BCUT2D eigenvalue weighted by Gasteiger charge is -2.22. The predicted octanol–water partition coefficient (Wildman–Crippen LogP) is 3.03. The molecule has 1 unspecified atom stereocenters. The summed E-state index contributed by atoms with van der Waals surface area (Å²) in [5.74, 6) is -1.56. The van der Waals surface area contributed by atoms with Crippen LogP contribution >= 0.6 is 0 Å². The predicted molar refractivity (Wildman–Crippen MR) is 73.1 cm³/mol. The Hall–Kier alpha value is -1.49. The van der Waals surface area contributed by atoms with E-state index in [1.54, 1.807) is 0 Å². The Morgan fingerprint density at radius 1 is 1.15 bits per heavy atom. The van der Waals surface area contributed by atoms with E-state index in [9.17, 15) is 13.6 Å². The van der Waals surface area contributed by atoms with Crippen LogP contribution in [0.5, 0.6) is 0 Å². The van der Waals surface area contributed by atoms with Gasteiger partial charge < -0.3 is 10.1 Å². The van der Waals surface area contributed by atoms with Gasteiger partial charge in [-0.05, 0) is 37.5 Å². The zero-order valence-electron chi connectivity index (χ0n) is 12.2. The highest BCUT2D eigenvalue weighted by Crippen LogP contribution is 2.13. The van der Waals surface area contributed by atoms with E-state index in [0.29, 0.717) is 5.56 Å². The summed E-state index contributed by atoms with van der Waals surface area (Å²) in [6, 6.07) is 3.20. The smallest absolute Gasteiger partial charge is 0.249 e. The fraction of sp³-hybridized carbons (Fsp3) is 0.533. The van der Waals surface area contributed by atoms with Crippen molar-refractivity contribution in [1.29, 1.82) is 0 Å². The summed E-state index contributed by atoms with van der Waals surface area (Å²) in [5, 5.41) is 2.77. The van der Waals surface area contributed by atoms with Crippen LogP contribution in [0.2, 0.25) is 0 Å². The molecule has 0 heterocycles. The highest BCUT2D eigenvalue weighted by atomic mass is 19.1. The number of ether oxygens (including phenoxy) is 1. The zero-order chi connectivity index (χ0) is 15.3. The Morgan fingerprint density at radius 3 is 2.15 bits per heavy atom. The minimum absolute atomic E-state index is 0.0109. The van der Waals surface area contributed by atoms with Gasteiger partial charge in [0.25, 0.3) is 0 Å². The van der Waals surface area contributed by atoms with Crippen LogP contribution in [0.25, 0.3) is 0 Å². The molecule has 0 aromatic heterocycles. The van der Waals surface area contributed by atoms with E-state index in [-0.39, 0.29) is 24.5 Å². The van der Waals surface area contributed by atoms with Crippen molar-refractivity contribution in [2.45, 2.75) is 46.4 Å². The molecule has 5 heteroatoms. The maximum Gasteiger partial charge on any atom is 0.249 e. The van der Waals surface area contributed by atoms with Gasteiger partial charge in [-0.3, -0.25) is 4.79 Å².